The molecule has 4 nitrogen and oxygen atoms in total. The van der Waals surface area contributed by atoms with E-state index in [1.54, 1.807) is 36.9 Å². The van der Waals surface area contributed by atoms with Crippen LogP contribution >= 0.6 is 0 Å². The Morgan fingerprint density at radius 1 is 0.952 bits per heavy atom. The lowest BCUT2D eigenvalue weighted by atomic mass is 10.2. The van der Waals surface area contributed by atoms with Gasteiger partial charge in [0.1, 0.15) is 11.6 Å². The van der Waals surface area contributed by atoms with Crippen molar-refractivity contribution in [2.24, 2.45) is 0 Å². The molecule has 1 N–H and O–H groups in total. The fourth-order valence-electron chi connectivity index (χ4n) is 1.90. The van der Waals surface area contributed by atoms with Gasteiger partial charge in [-0.05, 0) is 29.8 Å². The quantitative estimate of drug-likeness (QED) is 0.796. The van der Waals surface area contributed by atoms with Crippen LogP contribution in [0.4, 0.5) is 10.2 Å². The maximum Gasteiger partial charge on any atom is 0.145 e. The van der Waals surface area contributed by atoms with E-state index in [1.807, 2.05) is 12.1 Å². The third-order valence-corrected chi connectivity index (χ3v) is 2.98. The summed E-state index contributed by atoms with van der Waals surface area (Å²) in [5.41, 5.74) is 2.65. The summed E-state index contributed by atoms with van der Waals surface area (Å²) in [4.78, 5) is 12.7. The average Bonchev–Trinajstić information content (AvgIpc) is 2.55. The van der Waals surface area contributed by atoms with Gasteiger partial charge in [-0.15, -0.1) is 0 Å². The number of benzene rings is 1. The van der Waals surface area contributed by atoms with Gasteiger partial charge in [-0.1, -0.05) is 12.1 Å². The molecule has 0 amide bonds. The number of aromatic nitrogens is 3. The van der Waals surface area contributed by atoms with Gasteiger partial charge in [-0.25, -0.2) is 9.37 Å². The van der Waals surface area contributed by atoms with Crippen LogP contribution in [0.3, 0.4) is 0 Å². The van der Waals surface area contributed by atoms with Crippen LogP contribution in [0, 0.1) is 5.82 Å². The van der Waals surface area contributed by atoms with E-state index in [2.05, 4.69) is 20.3 Å². The van der Waals surface area contributed by atoms with Gasteiger partial charge in [0.05, 0.1) is 18.1 Å². The molecule has 0 atom stereocenters. The van der Waals surface area contributed by atoms with Crippen LogP contribution in [0.25, 0.3) is 11.3 Å². The summed E-state index contributed by atoms with van der Waals surface area (Å²) < 4.78 is 12.8. The molecule has 0 saturated heterocycles. The molecule has 0 saturated carbocycles. The van der Waals surface area contributed by atoms with Gasteiger partial charge in [0.25, 0.3) is 0 Å². The van der Waals surface area contributed by atoms with Gasteiger partial charge < -0.3 is 5.32 Å². The van der Waals surface area contributed by atoms with Crippen molar-refractivity contribution in [2.45, 2.75) is 6.54 Å². The Hall–Kier alpha value is -2.82. The summed E-state index contributed by atoms with van der Waals surface area (Å²) in [5, 5.41) is 3.17. The van der Waals surface area contributed by atoms with E-state index >= 15 is 0 Å². The van der Waals surface area contributed by atoms with E-state index in [0.717, 1.165) is 16.8 Å². The van der Waals surface area contributed by atoms with E-state index in [1.165, 1.54) is 12.1 Å². The van der Waals surface area contributed by atoms with Crippen molar-refractivity contribution in [3.63, 3.8) is 0 Å². The predicted octanol–water partition coefficient (Wildman–Crippen LogP) is 3.29. The second kappa shape index (κ2) is 6.09. The van der Waals surface area contributed by atoms with E-state index in [4.69, 9.17) is 0 Å². The van der Waals surface area contributed by atoms with Crippen molar-refractivity contribution in [3.05, 3.63) is 72.6 Å². The van der Waals surface area contributed by atoms with Crippen molar-refractivity contribution in [1.82, 2.24) is 15.0 Å². The van der Waals surface area contributed by atoms with E-state index in [9.17, 15) is 4.39 Å². The number of nitrogens with zero attached hydrogens (tertiary/aromatic N) is 3. The molecule has 3 aromatic rings. The summed E-state index contributed by atoms with van der Waals surface area (Å²) in [6, 6.07) is 10.1. The van der Waals surface area contributed by atoms with Crippen LogP contribution in [0.15, 0.2) is 61.2 Å². The molecule has 0 aliphatic heterocycles. The maximum atomic E-state index is 12.8. The molecule has 1 aromatic carbocycles. The number of nitrogens with one attached hydrogen (secondary N) is 1. The van der Waals surface area contributed by atoms with Crippen LogP contribution in [-0.4, -0.2) is 15.0 Å². The third kappa shape index (κ3) is 3.39. The summed E-state index contributed by atoms with van der Waals surface area (Å²) in [6.07, 6.45) is 6.81. The van der Waals surface area contributed by atoms with Crippen LogP contribution in [0.5, 0.6) is 0 Å². The Labute approximate surface area is 121 Å². The van der Waals surface area contributed by atoms with Gasteiger partial charge in [0.15, 0.2) is 0 Å². The average molecular weight is 280 g/mol. The lowest BCUT2D eigenvalue weighted by Crippen LogP contribution is -2.02. The first kappa shape index (κ1) is 13.2. The molecule has 0 bridgehead atoms. The fraction of sp³-hybridized carbons (Fsp3) is 0.0625. The second-order valence-electron chi connectivity index (χ2n) is 4.51. The smallest absolute Gasteiger partial charge is 0.145 e. The molecule has 3 rings (SSSR count). The molecular formula is C16H13FN4. The summed E-state index contributed by atoms with van der Waals surface area (Å²) in [5.74, 6) is 0.429. The number of pyridine rings is 1. The lowest BCUT2D eigenvalue weighted by Gasteiger charge is -2.07. The van der Waals surface area contributed by atoms with Crippen molar-refractivity contribution in [1.29, 1.82) is 0 Å². The highest BCUT2D eigenvalue weighted by Gasteiger charge is 2.02. The predicted molar refractivity (Wildman–Crippen MR) is 79.0 cm³/mol. The van der Waals surface area contributed by atoms with Gasteiger partial charge in [-0.3, -0.25) is 9.97 Å². The molecule has 0 spiro atoms. The molecule has 21 heavy (non-hydrogen) atoms. The SMILES string of the molecule is Fc1ccc(CNc2cncc(-c3cccnc3)n2)cc1. The molecule has 0 aliphatic carbocycles. The zero-order valence-corrected chi connectivity index (χ0v) is 11.2. The monoisotopic (exact) mass is 280 g/mol. The highest BCUT2D eigenvalue weighted by Crippen LogP contribution is 2.16. The minimum Gasteiger partial charge on any atom is -0.365 e. The highest BCUT2D eigenvalue weighted by molar-refractivity contribution is 5.58. The minimum absolute atomic E-state index is 0.239. The molecule has 0 aliphatic rings. The first-order valence-corrected chi connectivity index (χ1v) is 6.52. The van der Waals surface area contributed by atoms with Crippen LogP contribution in [-0.2, 0) is 6.54 Å². The molecule has 0 unspecified atom stereocenters. The molecule has 2 aromatic heterocycles. The fourth-order valence-corrected chi connectivity index (χ4v) is 1.90. The zero-order valence-electron chi connectivity index (χ0n) is 11.2. The molecule has 0 radical (unpaired) electrons. The van der Waals surface area contributed by atoms with Crippen molar-refractivity contribution in [2.75, 3.05) is 5.32 Å². The topological polar surface area (TPSA) is 50.7 Å². The highest BCUT2D eigenvalue weighted by atomic mass is 19.1. The summed E-state index contributed by atoms with van der Waals surface area (Å²) >= 11 is 0. The number of halogens is 1. The van der Waals surface area contributed by atoms with Crippen molar-refractivity contribution < 1.29 is 4.39 Å². The second-order valence-corrected chi connectivity index (χ2v) is 4.51. The molecule has 0 fully saturated rings. The third-order valence-electron chi connectivity index (χ3n) is 2.98. The Morgan fingerprint density at radius 3 is 2.57 bits per heavy atom. The van der Waals surface area contributed by atoms with Crippen LogP contribution in [0.2, 0.25) is 0 Å². The number of hydrogen-bond acceptors (Lipinski definition) is 4. The van der Waals surface area contributed by atoms with E-state index in [-0.39, 0.29) is 5.82 Å². The molecular weight excluding hydrogens is 267 g/mol. The molecule has 104 valence electrons. The summed E-state index contributed by atoms with van der Waals surface area (Å²) in [6.45, 7) is 0.561. The van der Waals surface area contributed by atoms with Gasteiger partial charge in [0, 0.05) is 24.5 Å². The minimum atomic E-state index is -0.239. The summed E-state index contributed by atoms with van der Waals surface area (Å²) in [7, 11) is 0. The normalized spacial score (nSPS) is 10.3. The maximum absolute atomic E-state index is 12.8. The lowest BCUT2D eigenvalue weighted by molar-refractivity contribution is 0.627. The number of hydrogen-bond donors (Lipinski definition) is 1. The Kier molecular flexibility index (Phi) is 3.82. The largest absolute Gasteiger partial charge is 0.365 e. The Balaban J connectivity index is 1.73. The molecule has 5 heteroatoms. The standard InChI is InChI=1S/C16H13FN4/c17-14-5-3-12(4-6-14)8-20-16-11-19-10-15(21-16)13-2-1-7-18-9-13/h1-7,9-11H,8H2,(H,20,21). The zero-order chi connectivity index (χ0) is 14.5. The molecule has 2 heterocycles. The number of rotatable bonds is 4. The van der Waals surface area contributed by atoms with Gasteiger partial charge >= 0.3 is 0 Å². The first-order chi connectivity index (χ1) is 10.3. The van der Waals surface area contributed by atoms with Gasteiger partial charge in [-0.2, -0.15) is 0 Å². The van der Waals surface area contributed by atoms with Crippen LogP contribution in [0.1, 0.15) is 5.56 Å². The first-order valence-electron chi connectivity index (χ1n) is 6.52. The van der Waals surface area contributed by atoms with Crippen molar-refractivity contribution >= 4 is 5.82 Å². The Bertz CT molecular complexity index is 714. The van der Waals surface area contributed by atoms with Crippen molar-refractivity contribution in [3.8, 4) is 11.3 Å². The van der Waals surface area contributed by atoms with E-state index in [0.29, 0.717) is 12.4 Å². The van der Waals surface area contributed by atoms with E-state index < -0.39 is 0 Å². The van der Waals surface area contributed by atoms with Gasteiger partial charge in [0.2, 0.25) is 0 Å². The Morgan fingerprint density at radius 2 is 1.81 bits per heavy atom. The van der Waals surface area contributed by atoms with Crippen LogP contribution < -0.4 is 5.32 Å². The number of anilines is 1.